The summed E-state index contributed by atoms with van der Waals surface area (Å²) < 4.78 is 20.4. The normalized spacial score (nSPS) is 16.8. The topological polar surface area (TPSA) is 71.8 Å². The van der Waals surface area contributed by atoms with Gasteiger partial charge >= 0.3 is 0 Å². The van der Waals surface area contributed by atoms with Gasteiger partial charge in [0.1, 0.15) is 17.1 Å². The zero-order valence-electron chi connectivity index (χ0n) is 19.8. The van der Waals surface area contributed by atoms with E-state index < -0.39 is 0 Å². The smallest absolute Gasteiger partial charge is 0.225 e. The Balaban J connectivity index is 1.34. The van der Waals surface area contributed by atoms with E-state index in [4.69, 9.17) is 9.84 Å². The Labute approximate surface area is 203 Å². The van der Waals surface area contributed by atoms with E-state index in [2.05, 4.69) is 15.2 Å². The zero-order valence-corrected chi connectivity index (χ0v) is 19.8. The van der Waals surface area contributed by atoms with Gasteiger partial charge in [-0.15, -0.1) is 0 Å². The second-order valence-electron chi connectivity index (χ2n) is 8.91. The van der Waals surface area contributed by atoms with Crippen LogP contribution in [0.4, 0.5) is 10.2 Å². The molecule has 0 aliphatic carbocycles. The van der Waals surface area contributed by atoms with Crippen LogP contribution in [0.5, 0.6) is 5.75 Å². The molecule has 4 aromatic rings. The van der Waals surface area contributed by atoms with E-state index in [9.17, 15) is 9.18 Å². The Bertz CT molecular complexity index is 1340. The number of anilines is 1. The van der Waals surface area contributed by atoms with Crippen molar-refractivity contribution in [2.24, 2.45) is 5.92 Å². The number of benzene rings is 2. The summed E-state index contributed by atoms with van der Waals surface area (Å²) >= 11 is 0. The number of nitrogens with zero attached hydrogens (tertiary/aromatic N) is 4. The monoisotopic (exact) mass is 473 g/mol. The second kappa shape index (κ2) is 9.74. The summed E-state index contributed by atoms with van der Waals surface area (Å²) in [4.78, 5) is 19.9. The van der Waals surface area contributed by atoms with Crippen LogP contribution in [0, 0.1) is 11.7 Å². The lowest BCUT2D eigenvalue weighted by molar-refractivity contribution is -0.125. The summed E-state index contributed by atoms with van der Waals surface area (Å²) in [6, 6.07) is 15.9. The molecular formula is C27H28FN5O2. The average Bonchev–Trinajstić information content (AvgIpc) is 3.34. The number of rotatable bonds is 6. The van der Waals surface area contributed by atoms with Crippen molar-refractivity contribution in [3.05, 3.63) is 78.4 Å². The molecule has 1 fully saturated rings. The summed E-state index contributed by atoms with van der Waals surface area (Å²) in [7, 11) is 1.65. The standard InChI is InChI=1S/C27H28FN5O2/c1-18(19-8-10-22(28)11-9-19)30-27(34)21-6-4-13-32(17-21)26-25-16-24(31-33(25)14-12-29-26)20-5-3-7-23(15-20)35-2/h3,5,7-12,14-16,18,21H,4,6,13,17H2,1-2H3,(H,30,34)/t18-,21+/m0/s1. The largest absolute Gasteiger partial charge is 0.497 e. The Morgan fingerprint density at radius 3 is 2.83 bits per heavy atom. The number of methoxy groups -OCH3 is 1. The Morgan fingerprint density at radius 2 is 2.03 bits per heavy atom. The van der Waals surface area contributed by atoms with Crippen LogP contribution in [0.3, 0.4) is 0 Å². The number of nitrogens with one attached hydrogen (secondary N) is 1. The summed E-state index contributed by atoms with van der Waals surface area (Å²) in [6.07, 6.45) is 5.28. The molecule has 1 saturated heterocycles. The number of piperidine rings is 1. The highest BCUT2D eigenvalue weighted by atomic mass is 19.1. The quantitative estimate of drug-likeness (QED) is 0.442. The molecule has 5 rings (SSSR count). The van der Waals surface area contributed by atoms with Gasteiger partial charge in [0, 0.05) is 31.0 Å². The lowest BCUT2D eigenvalue weighted by Gasteiger charge is -2.33. The van der Waals surface area contributed by atoms with Crippen LogP contribution in [0.15, 0.2) is 67.0 Å². The Hall–Kier alpha value is -3.94. The minimum atomic E-state index is -0.286. The van der Waals surface area contributed by atoms with Gasteiger partial charge in [-0.05, 0) is 55.7 Å². The number of hydrogen-bond donors (Lipinski definition) is 1. The number of fused-ring (bicyclic) bond motifs is 1. The van der Waals surface area contributed by atoms with Crippen LogP contribution >= 0.6 is 0 Å². The van der Waals surface area contributed by atoms with Gasteiger partial charge in [-0.25, -0.2) is 13.9 Å². The van der Waals surface area contributed by atoms with Crippen LogP contribution in [0.25, 0.3) is 16.8 Å². The molecule has 2 aromatic carbocycles. The summed E-state index contributed by atoms with van der Waals surface area (Å²) in [5, 5.41) is 7.83. The summed E-state index contributed by atoms with van der Waals surface area (Å²) in [5.74, 6) is 1.15. The molecule has 0 bridgehead atoms. The van der Waals surface area contributed by atoms with E-state index in [1.165, 1.54) is 12.1 Å². The minimum absolute atomic E-state index is 0.00375. The first-order valence-electron chi connectivity index (χ1n) is 11.8. The Morgan fingerprint density at radius 1 is 1.20 bits per heavy atom. The van der Waals surface area contributed by atoms with E-state index in [0.717, 1.165) is 53.3 Å². The SMILES string of the molecule is COc1cccc(-c2cc3c(N4CCC[C@@H](C(=O)N[C@@H](C)c5ccc(F)cc5)C4)nccn3n2)c1. The number of hydrogen-bond acceptors (Lipinski definition) is 5. The van der Waals surface area contributed by atoms with Crippen molar-refractivity contribution < 1.29 is 13.9 Å². The predicted octanol–water partition coefficient (Wildman–Crippen LogP) is 4.64. The van der Waals surface area contributed by atoms with Gasteiger partial charge in [0.05, 0.1) is 24.8 Å². The molecule has 1 aliphatic rings. The second-order valence-corrected chi connectivity index (χ2v) is 8.91. The van der Waals surface area contributed by atoms with Crippen molar-refractivity contribution in [1.29, 1.82) is 0 Å². The Kier molecular flexibility index (Phi) is 6.35. The van der Waals surface area contributed by atoms with Crippen LogP contribution in [0.1, 0.15) is 31.4 Å². The lowest BCUT2D eigenvalue weighted by Crippen LogP contribution is -2.44. The van der Waals surface area contributed by atoms with Crippen molar-refractivity contribution in [1.82, 2.24) is 19.9 Å². The van der Waals surface area contributed by atoms with E-state index in [0.29, 0.717) is 6.54 Å². The number of halogens is 1. The highest BCUT2D eigenvalue weighted by Crippen LogP contribution is 2.30. The summed E-state index contributed by atoms with van der Waals surface area (Å²) in [6.45, 7) is 3.32. The molecule has 0 radical (unpaired) electrons. The molecule has 180 valence electrons. The van der Waals surface area contributed by atoms with Crippen molar-refractivity contribution in [2.45, 2.75) is 25.8 Å². The average molecular weight is 474 g/mol. The molecule has 2 atom stereocenters. The van der Waals surface area contributed by atoms with Crippen LogP contribution < -0.4 is 15.0 Å². The number of ether oxygens (including phenoxy) is 1. The molecular weight excluding hydrogens is 445 g/mol. The van der Waals surface area contributed by atoms with Gasteiger partial charge in [0.15, 0.2) is 5.82 Å². The molecule has 0 saturated carbocycles. The molecule has 7 nitrogen and oxygen atoms in total. The number of carbonyl (C=O) groups excluding carboxylic acids is 1. The molecule has 2 aromatic heterocycles. The van der Waals surface area contributed by atoms with Crippen molar-refractivity contribution in [3.8, 4) is 17.0 Å². The number of aromatic nitrogens is 3. The fourth-order valence-electron chi connectivity index (χ4n) is 4.62. The first kappa shape index (κ1) is 22.8. The van der Waals surface area contributed by atoms with Crippen molar-refractivity contribution in [2.75, 3.05) is 25.1 Å². The van der Waals surface area contributed by atoms with Gasteiger partial charge in [-0.1, -0.05) is 24.3 Å². The third-order valence-corrected chi connectivity index (χ3v) is 6.56. The van der Waals surface area contributed by atoms with Gasteiger partial charge in [-0.3, -0.25) is 4.79 Å². The van der Waals surface area contributed by atoms with Crippen LogP contribution in [-0.2, 0) is 4.79 Å². The van der Waals surface area contributed by atoms with Crippen LogP contribution in [-0.4, -0.2) is 40.7 Å². The third-order valence-electron chi connectivity index (χ3n) is 6.56. The van der Waals surface area contributed by atoms with Crippen LogP contribution in [0.2, 0.25) is 0 Å². The van der Waals surface area contributed by atoms with Crippen molar-refractivity contribution >= 4 is 17.2 Å². The minimum Gasteiger partial charge on any atom is -0.497 e. The first-order chi connectivity index (χ1) is 17.0. The maximum atomic E-state index is 13.2. The highest BCUT2D eigenvalue weighted by Gasteiger charge is 2.28. The molecule has 0 unspecified atom stereocenters. The fourth-order valence-corrected chi connectivity index (χ4v) is 4.62. The molecule has 35 heavy (non-hydrogen) atoms. The van der Waals surface area contributed by atoms with E-state index in [1.54, 1.807) is 25.4 Å². The van der Waals surface area contributed by atoms with Gasteiger partial charge in [0.25, 0.3) is 0 Å². The fraction of sp³-hybridized carbons (Fsp3) is 0.296. The van der Waals surface area contributed by atoms with Gasteiger partial charge in [-0.2, -0.15) is 5.10 Å². The van der Waals surface area contributed by atoms with E-state index in [1.807, 2.05) is 48.0 Å². The van der Waals surface area contributed by atoms with Gasteiger partial charge in [0.2, 0.25) is 5.91 Å². The number of amides is 1. The molecule has 8 heteroatoms. The van der Waals surface area contributed by atoms with Crippen molar-refractivity contribution in [3.63, 3.8) is 0 Å². The predicted molar refractivity (Wildman–Crippen MR) is 133 cm³/mol. The molecule has 1 amide bonds. The maximum absolute atomic E-state index is 13.2. The third kappa shape index (κ3) is 4.82. The highest BCUT2D eigenvalue weighted by molar-refractivity contribution is 5.81. The number of carbonyl (C=O) groups is 1. The summed E-state index contributed by atoms with van der Waals surface area (Å²) in [5.41, 5.74) is 3.57. The lowest BCUT2D eigenvalue weighted by atomic mass is 9.96. The maximum Gasteiger partial charge on any atom is 0.225 e. The first-order valence-corrected chi connectivity index (χ1v) is 11.8. The molecule has 3 heterocycles. The molecule has 1 N–H and O–H groups in total. The molecule has 0 spiro atoms. The zero-order chi connectivity index (χ0) is 24.4. The van der Waals surface area contributed by atoms with E-state index >= 15 is 0 Å². The molecule has 1 aliphatic heterocycles. The van der Waals surface area contributed by atoms with Gasteiger partial charge < -0.3 is 15.0 Å². The van der Waals surface area contributed by atoms with E-state index in [-0.39, 0.29) is 23.7 Å².